The maximum absolute atomic E-state index is 6.22. The minimum absolute atomic E-state index is 0.415. The van der Waals surface area contributed by atoms with Gasteiger partial charge in [-0.2, -0.15) is 5.10 Å². The Labute approximate surface area is 90.3 Å². The molecular formula is C11H17ClN2. The monoisotopic (exact) mass is 212 g/mol. The van der Waals surface area contributed by atoms with Crippen LogP contribution in [0.3, 0.4) is 0 Å². The Morgan fingerprint density at radius 2 is 2.43 bits per heavy atom. The number of hydrogen-bond donors (Lipinski definition) is 0. The molecule has 1 aliphatic rings. The van der Waals surface area contributed by atoms with E-state index in [1.54, 1.807) is 0 Å². The molecule has 14 heavy (non-hydrogen) atoms. The van der Waals surface area contributed by atoms with E-state index >= 15 is 0 Å². The number of aromatic nitrogens is 2. The van der Waals surface area contributed by atoms with Crippen LogP contribution >= 0.6 is 11.6 Å². The highest BCUT2D eigenvalue weighted by Gasteiger charge is 2.28. The lowest BCUT2D eigenvalue weighted by atomic mass is 10.1. The molecule has 2 rings (SSSR count). The van der Waals surface area contributed by atoms with E-state index in [4.69, 9.17) is 11.6 Å². The molecule has 78 valence electrons. The lowest BCUT2D eigenvalue weighted by Gasteiger charge is -2.05. The minimum Gasteiger partial charge on any atom is -0.276 e. The molecule has 0 amide bonds. The number of alkyl halides is 1. The van der Waals surface area contributed by atoms with Crippen molar-refractivity contribution in [3.8, 4) is 0 Å². The van der Waals surface area contributed by atoms with E-state index in [-0.39, 0.29) is 0 Å². The van der Waals surface area contributed by atoms with Crippen LogP contribution in [0.15, 0.2) is 12.3 Å². The number of rotatable bonds is 5. The van der Waals surface area contributed by atoms with Gasteiger partial charge in [0.05, 0.1) is 5.69 Å². The van der Waals surface area contributed by atoms with Gasteiger partial charge in [0.1, 0.15) is 0 Å². The maximum Gasteiger partial charge on any atom is 0.0624 e. The second-order valence-electron chi connectivity index (χ2n) is 4.23. The van der Waals surface area contributed by atoms with Gasteiger partial charge >= 0.3 is 0 Å². The fourth-order valence-electron chi connectivity index (χ4n) is 1.77. The van der Waals surface area contributed by atoms with Crippen molar-refractivity contribution < 1.29 is 0 Å². The van der Waals surface area contributed by atoms with Crippen molar-refractivity contribution in [1.82, 2.24) is 9.78 Å². The lowest BCUT2D eigenvalue weighted by Crippen LogP contribution is -2.02. The molecule has 2 nitrogen and oxygen atoms in total. The van der Waals surface area contributed by atoms with Crippen molar-refractivity contribution in [1.29, 1.82) is 0 Å². The van der Waals surface area contributed by atoms with Gasteiger partial charge in [0, 0.05) is 18.6 Å². The SMILES string of the molecule is Cn1ccc(CCCC(Cl)C2CC2)n1. The zero-order valence-electron chi connectivity index (χ0n) is 8.62. The van der Waals surface area contributed by atoms with Crippen molar-refractivity contribution in [2.24, 2.45) is 13.0 Å². The first-order chi connectivity index (χ1) is 6.75. The quantitative estimate of drug-likeness (QED) is 0.687. The fourth-order valence-corrected chi connectivity index (χ4v) is 2.17. The molecular weight excluding hydrogens is 196 g/mol. The predicted molar refractivity (Wildman–Crippen MR) is 58.5 cm³/mol. The van der Waals surface area contributed by atoms with E-state index < -0.39 is 0 Å². The van der Waals surface area contributed by atoms with Crippen LogP contribution in [0.1, 0.15) is 31.4 Å². The van der Waals surface area contributed by atoms with Gasteiger partial charge in [0.15, 0.2) is 0 Å². The zero-order chi connectivity index (χ0) is 9.97. The lowest BCUT2D eigenvalue weighted by molar-refractivity contribution is 0.626. The van der Waals surface area contributed by atoms with Crippen molar-refractivity contribution in [3.05, 3.63) is 18.0 Å². The van der Waals surface area contributed by atoms with Crippen molar-refractivity contribution in [2.75, 3.05) is 0 Å². The normalized spacial score (nSPS) is 18.4. The predicted octanol–water partition coefficient (Wildman–Crippen LogP) is 2.76. The summed E-state index contributed by atoms with van der Waals surface area (Å²) in [6, 6.07) is 2.08. The Bertz CT molecular complexity index is 291. The molecule has 0 N–H and O–H groups in total. The van der Waals surface area contributed by atoms with Crippen LogP contribution in [0.2, 0.25) is 0 Å². The van der Waals surface area contributed by atoms with Crippen LogP contribution in [0, 0.1) is 5.92 Å². The number of aryl methyl sites for hydroxylation is 2. The zero-order valence-corrected chi connectivity index (χ0v) is 9.37. The minimum atomic E-state index is 0.415. The maximum atomic E-state index is 6.22. The summed E-state index contributed by atoms with van der Waals surface area (Å²) in [4.78, 5) is 0. The highest BCUT2D eigenvalue weighted by molar-refractivity contribution is 6.20. The smallest absolute Gasteiger partial charge is 0.0624 e. The van der Waals surface area contributed by atoms with Crippen molar-refractivity contribution in [3.63, 3.8) is 0 Å². The first-order valence-corrected chi connectivity index (χ1v) is 5.82. The Hall–Kier alpha value is -0.500. The number of nitrogens with zero attached hydrogens (tertiary/aromatic N) is 2. The van der Waals surface area contributed by atoms with Gasteiger partial charge < -0.3 is 0 Å². The molecule has 0 radical (unpaired) electrons. The molecule has 0 saturated heterocycles. The Morgan fingerprint density at radius 1 is 1.64 bits per heavy atom. The fraction of sp³-hybridized carbons (Fsp3) is 0.727. The van der Waals surface area contributed by atoms with Crippen molar-refractivity contribution >= 4 is 11.6 Å². The van der Waals surface area contributed by atoms with Crippen LogP contribution in [0.25, 0.3) is 0 Å². The standard InChI is InChI=1S/C11H17ClN2/c1-14-8-7-10(13-14)3-2-4-11(12)9-5-6-9/h7-9,11H,2-6H2,1H3. The van der Waals surface area contributed by atoms with Crippen LogP contribution in [-0.2, 0) is 13.5 Å². The third-order valence-corrected chi connectivity index (χ3v) is 3.39. The summed E-state index contributed by atoms with van der Waals surface area (Å²) >= 11 is 6.22. The second kappa shape index (κ2) is 4.35. The molecule has 1 fully saturated rings. The van der Waals surface area contributed by atoms with E-state index in [9.17, 15) is 0 Å². The third-order valence-electron chi connectivity index (χ3n) is 2.82. The van der Waals surface area contributed by atoms with Crippen LogP contribution in [-0.4, -0.2) is 15.2 Å². The van der Waals surface area contributed by atoms with E-state index in [2.05, 4.69) is 11.2 Å². The first-order valence-electron chi connectivity index (χ1n) is 5.38. The van der Waals surface area contributed by atoms with Crippen LogP contribution < -0.4 is 0 Å². The number of halogens is 1. The first kappa shape index (κ1) is 10.0. The molecule has 0 spiro atoms. The molecule has 1 aromatic rings. The van der Waals surface area contributed by atoms with E-state index in [1.807, 2.05) is 17.9 Å². The summed E-state index contributed by atoms with van der Waals surface area (Å²) < 4.78 is 1.86. The average Bonchev–Trinajstić information content (AvgIpc) is 2.92. The Balaban J connectivity index is 1.67. The summed E-state index contributed by atoms with van der Waals surface area (Å²) in [5, 5.41) is 4.76. The second-order valence-corrected chi connectivity index (χ2v) is 4.79. The van der Waals surface area contributed by atoms with Crippen LogP contribution in [0.4, 0.5) is 0 Å². The molecule has 0 aliphatic heterocycles. The molecule has 1 aromatic heterocycles. The van der Waals surface area contributed by atoms with Gasteiger partial charge in [-0.3, -0.25) is 4.68 Å². The van der Waals surface area contributed by atoms with Gasteiger partial charge in [-0.25, -0.2) is 0 Å². The summed E-state index contributed by atoms with van der Waals surface area (Å²) in [6.07, 6.45) is 8.06. The molecule has 1 aliphatic carbocycles. The van der Waals surface area contributed by atoms with E-state index in [1.165, 1.54) is 25.0 Å². The molecule has 3 heteroatoms. The Morgan fingerprint density at radius 3 is 3.00 bits per heavy atom. The Kier molecular flexibility index (Phi) is 3.12. The van der Waals surface area contributed by atoms with Gasteiger partial charge in [-0.1, -0.05) is 0 Å². The topological polar surface area (TPSA) is 17.8 Å². The molecule has 0 bridgehead atoms. The summed E-state index contributed by atoms with van der Waals surface area (Å²) in [6.45, 7) is 0. The van der Waals surface area contributed by atoms with Gasteiger partial charge in [0.25, 0.3) is 0 Å². The molecule has 1 saturated carbocycles. The van der Waals surface area contributed by atoms with Crippen molar-refractivity contribution in [2.45, 2.75) is 37.5 Å². The molecule has 1 heterocycles. The highest BCUT2D eigenvalue weighted by atomic mass is 35.5. The van der Waals surface area contributed by atoms with Gasteiger partial charge in [-0.15, -0.1) is 11.6 Å². The summed E-state index contributed by atoms with van der Waals surface area (Å²) in [7, 11) is 1.96. The van der Waals surface area contributed by atoms with E-state index in [0.29, 0.717) is 5.38 Å². The van der Waals surface area contributed by atoms with Gasteiger partial charge in [0.2, 0.25) is 0 Å². The third kappa shape index (κ3) is 2.74. The molecule has 1 unspecified atom stereocenters. The van der Waals surface area contributed by atoms with E-state index in [0.717, 1.165) is 18.8 Å². The number of hydrogen-bond acceptors (Lipinski definition) is 1. The summed E-state index contributed by atoms with van der Waals surface area (Å²) in [5.74, 6) is 0.820. The summed E-state index contributed by atoms with van der Waals surface area (Å²) in [5.41, 5.74) is 1.19. The molecule has 0 aromatic carbocycles. The van der Waals surface area contributed by atoms with Crippen LogP contribution in [0.5, 0.6) is 0 Å². The van der Waals surface area contributed by atoms with Gasteiger partial charge in [-0.05, 0) is 44.1 Å². The average molecular weight is 213 g/mol. The largest absolute Gasteiger partial charge is 0.276 e. The molecule has 1 atom stereocenters. The highest BCUT2D eigenvalue weighted by Crippen LogP contribution is 2.37.